The van der Waals surface area contributed by atoms with Crippen molar-refractivity contribution in [2.24, 2.45) is 0 Å². The highest BCUT2D eigenvalue weighted by atomic mass is 31.1. The Kier molecular flexibility index (Phi) is 4.96. The highest BCUT2D eigenvalue weighted by Crippen LogP contribution is 2.53. The van der Waals surface area contributed by atoms with E-state index in [9.17, 15) is 0 Å². The van der Waals surface area contributed by atoms with Crippen LogP contribution in [0, 0.1) is 0 Å². The van der Waals surface area contributed by atoms with Gasteiger partial charge in [0.15, 0.2) is 0 Å². The normalized spacial score (nSPS) is 11.1. The van der Waals surface area contributed by atoms with Crippen LogP contribution >= 0.6 is 7.92 Å². The summed E-state index contributed by atoms with van der Waals surface area (Å²) in [6.07, 6.45) is 2.58. The summed E-state index contributed by atoms with van der Waals surface area (Å²) in [5.74, 6) is 0. The average molecular weight is 256 g/mol. The molecule has 2 aromatic rings. The fraction of sp³-hybridized carbons (Fsp3) is 0.294. The maximum Gasteiger partial charge on any atom is 0.0291 e. The summed E-state index contributed by atoms with van der Waals surface area (Å²) < 4.78 is 0. The monoisotopic (exact) mass is 256 g/mol. The molecule has 0 spiro atoms. The van der Waals surface area contributed by atoms with Crippen molar-refractivity contribution in [1.82, 2.24) is 0 Å². The van der Waals surface area contributed by atoms with Gasteiger partial charge in [0.1, 0.15) is 0 Å². The van der Waals surface area contributed by atoms with Crippen molar-refractivity contribution in [2.75, 3.05) is 12.3 Å². The Labute approximate surface area is 112 Å². The fourth-order valence-corrected chi connectivity index (χ4v) is 4.84. The predicted molar refractivity (Wildman–Crippen MR) is 82.7 cm³/mol. The van der Waals surface area contributed by atoms with Gasteiger partial charge < -0.3 is 0 Å². The van der Waals surface area contributed by atoms with Crippen LogP contribution in [0.1, 0.15) is 30.6 Å². The molecule has 0 heterocycles. The molecule has 0 aliphatic carbocycles. The van der Waals surface area contributed by atoms with Crippen molar-refractivity contribution < 1.29 is 0 Å². The van der Waals surface area contributed by atoms with Crippen LogP contribution in [0.2, 0.25) is 0 Å². The summed E-state index contributed by atoms with van der Waals surface area (Å²) in [4.78, 5) is 0. The highest BCUT2D eigenvalue weighted by molar-refractivity contribution is 7.58. The largest absolute Gasteiger partial charge is 0.0949 e. The van der Waals surface area contributed by atoms with E-state index in [1.165, 1.54) is 23.5 Å². The molecule has 0 saturated carbocycles. The first kappa shape index (κ1) is 13.3. The number of rotatable bonds is 5. The van der Waals surface area contributed by atoms with E-state index in [2.05, 4.69) is 74.5 Å². The molecule has 2 aromatic carbocycles. The van der Waals surface area contributed by atoms with Crippen LogP contribution in [-0.4, -0.2) is 12.3 Å². The molecule has 1 heteroatoms. The Morgan fingerprint density at radius 1 is 0.722 bits per heavy atom. The lowest BCUT2D eigenvalue weighted by molar-refractivity contribution is 1.11. The molecule has 0 aliphatic heterocycles. The molecule has 0 atom stereocenters. The first-order valence-corrected chi connectivity index (χ1v) is 8.48. The molecule has 0 bridgehead atoms. The minimum absolute atomic E-state index is 0.0278. The van der Waals surface area contributed by atoms with Gasteiger partial charge in [-0.3, -0.25) is 0 Å². The molecular formula is C17H21P. The second-order valence-electron chi connectivity index (χ2n) is 4.45. The molecule has 0 fully saturated rings. The lowest BCUT2D eigenvalue weighted by Gasteiger charge is -2.27. The van der Waals surface area contributed by atoms with Crippen LogP contribution in [0.25, 0.3) is 0 Å². The van der Waals surface area contributed by atoms with Crippen molar-refractivity contribution >= 4 is 7.92 Å². The van der Waals surface area contributed by atoms with Gasteiger partial charge in [-0.2, -0.15) is 0 Å². The zero-order valence-corrected chi connectivity index (χ0v) is 12.1. The third-order valence-corrected chi connectivity index (χ3v) is 6.36. The second kappa shape index (κ2) is 6.71. The van der Waals surface area contributed by atoms with E-state index in [1.807, 2.05) is 0 Å². The second-order valence-corrected chi connectivity index (χ2v) is 7.40. The van der Waals surface area contributed by atoms with Crippen LogP contribution in [0.4, 0.5) is 0 Å². The summed E-state index contributed by atoms with van der Waals surface area (Å²) in [6.45, 7) is 4.65. The molecule has 0 unspecified atom stereocenters. The zero-order valence-electron chi connectivity index (χ0n) is 11.2. The maximum absolute atomic E-state index is 2.33. The van der Waals surface area contributed by atoms with E-state index in [0.29, 0.717) is 5.66 Å². The lowest BCUT2D eigenvalue weighted by atomic mass is 10.0. The average Bonchev–Trinajstić information content (AvgIpc) is 2.46. The van der Waals surface area contributed by atoms with Gasteiger partial charge in [0.2, 0.25) is 0 Å². The van der Waals surface area contributed by atoms with E-state index in [1.54, 1.807) is 0 Å². The Hall–Kier alpha value is -1.13. The van der Waals surface area contributed by atoms with Crippen LogP contribution in [0.5, 0.6) is 0 Å². The molecule has 0 nitrogen and oxygen atoms in total. The van der Waals surface area contributed by atoms with Gasteiger partial charge in [0.25, 0.3) is 0 Å². The van der Waals surface area contributed by atoms with E-state index in [0.717, 1.165) is 0 Å². The molecule has 0 amide bonds. The van der Waals surface area contributed by atoms with Gasteiger partial charge in [-0.1, -0.05) is 82.4 Å². The molecule has 94 valence electrons. The molecule has 2 rings (SSSR count). The van der Waals surface area contributed by atoms with Crippen molar-refractivity contribution in [2.45, 2.75) is 19.5 Å². The fourth-order valence-electron chi connectivity index (χ4n) is 2.47. The topological polar surface area (TPSA) is 0 Å². The minimum atomic E-state index is 0.0278. The number of benzene rings is 2. The van der Waals surface area contributed by atoms with Crippen molar-refractivity contribution in [3.63, 3.8) is 0 Å². The van der Waals surface area contributed by atoms with Crippen LogP contribution in [0.15, 0.2) is 60.7 Å². The molecular weight excluding hydrogens is 235 g/mol. The third kappa shape index (κ3) is 3.00. The van der Waals surface area contributed by atoms with Crippen LogP contribution in [0.3, 0.4) is 0 Å². The minimum Gasteiger partial charge on any atom is -0.0949 e. The summed E-state index contributed by atoms with van der Waals surface area (Å²) in [6, 6.07) is 21.9. The summed E-state index contributed by atoms with van der Waals surface area (Å²) in [7, 11) is 0.0278. The molecule has 0 saturated heterocycles. The maximum atomic E-state index is 2.33. The van der Waals surface area contributed by atoms with Crippen LogP contribution in [-0.2, 0) is 0 Å². The summed E-state index contributed by atoms with van der Waals surface area (Å²) in [5, 5.41) is 0. The third-order valence-electron chi connectivity index (χ3n) is 3.41. The van der Waals surface area contributed by atoms with Gasteiger partial charge in [-0.05, 0) is 23.5 Å². The van der Waals surface area contributed by atoms with E-state index < -0.39 is 0 Å². The number of hydrogen-bond acceptors (Lipinski definition) is 0. The van der Waals surface area contributed by atoms with Gasteiger partial charge in [0.05, 0.1) is 0 Å². The van der Waals surface area contributed by atoms with E-state index in [-0.39, 0.29) is 7.92 Å². The molecule has 0 radical (unpaired) electrons. The molecule has 18 heavy (non-hydrogen) atoms. The van der Waals surface area contributed by atoms with Gasteiger partial charge >= 0.3 is 0 Å². The number of hydrogen-bond donors (Lipinski definition) is 0. The van der Waals surface area contributed by atoms with Gasteiger partial charge in [-0.25, -0.2) is 0 Å². The van der Waals surface area contributed by atoms with Crippen LogP contribution < -0.4 is 0 Å². The SMILES string of the molecule is CCP(CC)C(c1ccccc1)c1ccccc1. The quantitative estimate of drug-likeness (QED) is 0.637. The molecule has 0 aliphatic rings. The summed E-state index contributed by atoms with van der Waals surface area (Å²) >= 11 is 0. The molecule has 0 aromatic heterocycles. The zero-order chi connectivity index (χ0) is 12.8. The summed E-state index contributed by atoms with van der Waals surface area (Å²) in [5.41, 5.74) is 3.54. The van der Waals surface area contributed by atoms with Crippen molar-refractivity contribution in [3.8, 4) is 0 Å². The predicted octanol–water partition coefficient (Wildman–Crippen LogP) is 5.30. The smallest absolute Gasteiger partial charge is 0.0291 e. The first-order valence-electron chi connectivity index (χ1n) is 6.70. The van der Waals surface area contributed by atoms with Gasteiger partial charge in [0, 0.05) is 5.66 Å². The first-order chi connectivity index (χ1) is 8.86. The highest BCUT2D eigenvalue weighted by Gasteiger charge is 2.21. The Bertz CT molecular complexity index is 406. The lowest BCUT2D eigenvalue weighted by Crippen LogP contribution is -2.02. The Morgan fingerprint density at radius 3 is 1.44 bits per heavy atom. The van der Waals surface area contributed by atoms with Gasteiger partial charge in [-0.15, -0.1) is 0 Å². The Morgan fingerprint density at radius 2 is 1.11 bits per heavy atom. The van der Waals surface area contributed by atoms with E-state index in [4.69, 9.17) is 0 Å². The van der Waals surface area contributed by atoms with E-state index >= 15 is 0 Å². The standard InChI is InChI=1S/C17H21P/c1-3-18(4-2)17(15-11-7-5-8-12-15)16-13-9-6-10-14-16/h5-14,17H,3-4H2,1-2H3. The Balaban J connectivity index is 2.41. The molecule has 0 N–H and O–H groups in total. The van der Waals surface area contributed by atoms with Crippen molar-refractivity contribution in [3.05, 3.63) is 71.8 Å². The van der Waals surface area contributed by atoms with Crippen molar-refractivity contribution in [1.29, 1.82) is 0 Å².